The number of thiophene rings is 1. The minimum absolute atomic E-state index is 0.398. The molecule has 0 aliphatic carbocycles. The average molecular weight is 330 g/mol. The van der Waals surface area contributed by atoms with Gasteiger partial charge in [0.15, 0.2) is 11.4 Å². The summed E-state index contributed by atoms with van der Waals surface area (Å²) < 4.78 is 0.692. The minimum atomic E-state index is -1.28. The van der Waals surface area contributed by atoms with E-state index in [2.05, 4.69) is 15.5 Å². The third kappa shape index (κ3) is 2.71. The van der Waals surface area contributed by atoms with Crippen molar-refractivity contribution in [1.29, 1.82) is 0 Å². The van der Waals surface area contributed by atoms with Crippen LogP contribution in [-0.2, 0) is 4.79 Å². The second-order valence-corrected chi connectivity index (χ2v) is 7.38. The molecule has 1 aliphatic rings. The molecule has 0 spiro atoms. The number of nitrogens with zero attached hydrogens (tertiary/aromatic N) is 1. The van der Waals surface area contributed by atoms with Gasteiger partial charge in [-0.05, 0) is 24.3 Å². The Hall–Kier alpha value is -1.02. The molecule has 2 aromatic rings. The highest BCUT2D eigenvalue weighted by atomic mass is 35.5. The fourth-order valence-electron chi connectivity index (χ4n) is 1.94. The van der Waals surface area contributed by atoms with Crippen LogP contribution in [0.1, 0.15) is 6.42 Å². The lowest BCUT2D eigenvalue weighted by molar-refractivity contribution is -0.131. The number of halogens is 1. The number of aromatic amines is 1. The zero-order valence-electron chi connectivity index (χ0n) is 10.4. The Morgan fingerprint density at radius 1 is 1.55 bits per heavy atom. The first-order valence-corrected chi connectivity index (χ1v) is 8.34. The third-order valence-corrected chi connectivity index (χ3v) is 5.52. The number of carbonyl (C=O) groups is 1. The van der Waals surface area contributed by atoms with Gasteiger partial charge in [0.1, 0.15) is 0 Å². The molecule has 0 bridgehead atoms. The van der Waals surface area contributed by atoms with Crippen molar-refractivity contribution in [3.05, 3.63) is 22.5 Å². The standard InChI is InChI=1S/C12H12ClN3O2S2/c13-9-2-1-8(20-9)7-5-10(16-15-7)14-11(17)12(18)3-4-19-6-12/h1-2,5,18H,3-4,6H2,(H2,14,15,16,17). The van der Waals surface area contributed by atoms with Crippen molar-refractivity contribution >= 4 is 46.4 Å². The molecular weight excluding hydrogens is 318 g/mol. The topological polar surface area (TPSA) is 78.0 Å². The molecule has 0 radical (unpaired) electrons. The fraction of sp³-hybridized carbons (Fsp3) is 0.333. The predicted octanol–water partition coefficient (Wildman–Crippen LogP) is 2.60. The Labute approximate surface area is 128 Å². The van der Waals surface area contributed by atoms with Gasteiger partial charge in [0, 0.05) is 11.8 Å². The summed E-state index contributed by atoms with van der Waals surface area (Å²) in [5.41, 5.74) is -0.499. The normalized spacial score (nSPS) is 22.1. The van der Waals surface area contributed by atoms with E-state index in [0.29, 0.717) is 22.3 Å². The number of thioether (sulfide) groups is 1. The van der Waals surface area contributed by atoms with Crippen molar-refractivity contribution in [2.24, 2.45) is 0 Å². The zero-order valence-corrected chi connectivity index (χ0v) is 12.7. The lowest BCUT2D eigenvalue weighted by Gasteiger charge is -2.18. The van der Waals surface area contributed by atoms with Gasteiger partial charge >= 0.3 is 0 Å². The van der Waals surface area contributed by atoms with E-state index < -0.39 is 11.5 Å². The first kappa shape index (κ1) is 13.9. The SMILES string of the molecule is O=C(Nc1cc(-c2ccc(Cl)s2)[nH]n1)C1(O)CCSC1. The van der Waals surface area contributed by atoms with Gasteiger partial charge in [-0.15, -0.1) is 11.3 Å². The van der Waals surface area contributed by atoms with E-state index in [9.17, 15) is 9.90 Å². The van der Waals surface area contributed by atoms with Crippen molar-refractivity contribution in [3.63, 3.8) is 0 Å². The molecule has 1 fully saturated rings. The Kier molecular flexibility index (Phi) is 3.76. The fourth-order valence-corrected chi connectivity index (χ4v) is 4.19. The number of rotatable bonds is 3. The van der Waals surface area contributed by atoms with Crippen LogP contribution in [0.2, 0.25) is 4.34 Å². The summed E-state index contributed by atoms with van der Waals surface area (Å²) in [5, 5.41) is 19.7. The molecule has 3 heterocycles. The number of aliphatic hydroxyl groups is 1. The van der Waals surface area contributed by atoms with Crippen molar-refractivity contribution in [3.8, 4) is 10.6 Å². The van der Waals surface area contributed by atoms with E-state index in [1.54, 1.807) is 23.9 Å². The molecule has 5 nitrogen and oxygen atoms in total. The van der Waals surface area contributed by atoms with Crippen molar-refractivity contribution in [2.75, 3.05) is 16.8 Å². The molecule has 1 aliphatic heterocycles. The summed E-state index contributed by atoms with van der Waals surface area (Å²) in [6, 6.07) is 5.41. The monoisotopic (exact) mass is 329 g/mol. The van der Waals surface area contributed by atoms with Gasteiger partial charge in [0.05, 0.1) is 14.9 Å². The Morgan fingerprint density at radius 3 is 3.05 bits per heavy atom. The Bertz CT molecular complexity index is 634. The zero-order chi connectivity index (χ0) is 14.2. The molecule has 0 aromatic carbocycles. The molecule has 20 heavy (non-hydrogen) atoms. The number of anilines is 1. The molecule has 0 saturated carbocycles. The Morgan fingerprint density at radius 2 is 2.40 bits per heavy atom. The van der Waals surface area contributed by atoms with Crippen LogP contribution in [0, 0.1) is 0 Å². The summed E-state index contributed by atoms with van der Waals surface area (Å²) in [6.45, 7) is 0. The maximum Gasteiger partial charge on any atom is 0.258 e. The van der Waals surface area contributed by atoms with Crippen LogP contribution in [-0.4, -0.2) is 38.3 Å². The second-order valence-electron chi connectivity index (χ2n) is 4.56. The van der Waals surface area contributed by atoms with E-state index in [1.165, 1.54) is 11.3 Å². The number of aromatic nitrogens is 2. The minimum Gasteiger partial charge on any atom is -0.379 e. The molecule has 8 heteroatoms. The van der Waals surface area contributed by atoms with E-state index in [4.69, 9.17) is 11.6 Å². The van der Waals surface area contributed by atoms with Crippen molar-refractivity contribution < 1.29 is 9.90 Å². The molecule has 3 rings (SSSR count). The van der Waals surface area contributed by atoms with Gasteiger partial charge in [0.25, 0.3) is 5.91 Å². The van der Waals surface area contributed by atoms with Crippen LogP contribution < -0.4 is 5.32 Å². The van der Waals surface area contributed by atoms with Crippen molar-refractivity contribution in [1.82, 2.24) is 10.2 Å². The summed E-state index contributed by atoms with van der Waals surface area (Å²) in [6.07, 6.45) is 0.474. The lowest BCUT2D eigenvalue weighted by Crippen LogP contribution is -2.42. The third-order valence-electron chi connectivity index (χ3n) is 3.08. The van der Waals surface area contributed by atoms with Crippen LogP contribution in [0.4, 0.5) is 5.82 Å². The molecule has 2 aromatic heterocycles. The van der Waals surface area contributed by atoms with E-state index in [0.717, 1.165) is 16.3 Å². The second kappa shape index (κ2) is 5.40. The van der Waals surface area contributed by atoms with Crippen LogP contribution in [0.15, 0.2) is 18.2 Å². The van der Waals surface area contributed by atoms with Crippen LogP contribution in [0.25, 0.3) is 10.6 Å². The molecule has 1 saturated heterocycles. The Balaban J connectivity index is 1.73. The molecule has 106 valence electrons. The van der Waals surface area contributed by atoms with Gasteiger partial charge in [-0.3, -0.25) is 9.89 Å². The highest BCUT2D eigenvalue weighted by Crippen LogP contribution is 2.32. The quantitative estimate of drug-likeness (QED) is 0.809. The number of nitrogens with one attached hydrogen (secondary N) is 2. The highest BCUT2D eigenvalue weighted by molar-refractivity contribution is 7.99. The van der Waals surface area contributed by atoms with E-state index >= 15 is 0 Å². The average Bonchev–Trinajstić information content (AvgIpc) is 3.11. The molecule has 1 amide bonds. The summed E-state index contributed by atoms with van der Waals surface area (Å²) in [4.78, 5) is 13.0. The van der Waals surface area contributed by atoms with Crippen molar-refractivity contribution in [2.45, 2.75) is 12.0 Å². The smallest absolute Gasteiger partial charge is 0.258 e. The van der Waals surface area contributed by atoms with Crippen LogP contribution in [0.5, 0.6) is 0 Å². The summed E-state index contributed by atoms with van der Waals surface area (Å²) in [5.74, 6) is 1.23. The number of H-pyrrole nitrogens is 1. The maximum atomic E-state index is 12.0. The first-order valence-electron chi connectivity index (χ1n) is 5.99. The number of hydrogen-bond acceptors (Lipinski definition) is 5. The highest BCUT2D eigenvalue weighted by Gasteiger charge is 2.39. The van der Waals surface area contributed by atoms with Gasteiger partial charge in [-0.25, -0.2) is 0 Å². The number of amides is 1. The summed E-state index contributed by atoms with van der Waals surface area (Å²) in [7, 11) is 0. The molecule has 3 N–H and O–H groups in total. The molecule has 1 atom stereocenters. The van der Waals surface area contributed by atoms with Gasteiger partial charge in [-0.2, -0.15) is 16.9 Å². The van der Waals surface area contributed by atoms with E-state index in [-0.39, 0.29) is 0 Å². The van der Waals surface area contributed by atoms with Gasteiger partial charge in [-0.1, -0.05) is 11.6 Å². The first-order chi connectivity index (χ1) is 9.57. The maximum absolute atomic E-state index is 12.0. The van der Waals surface area contributed by atoms with Crippen LogP contribution in [0.3, 0.4) is 0 Å². The van der Waals surface area contributed by atoms with Gasteiger partial charge in [0.2, 0.25) is 0 Å². The number of hydrogen-bond donors (Lipinski definition) is 3. The molecule has 1 unspecified atom stereocenters. The predicted molar refractivity (Wildman–Crippen MR) is 82.4 cm³/mol. The van der Waals surface area contributed by atoms with Gasteiger partial charge < -0.3 is 10.4 Å². The molecular formula is C12H12ClN3O2S2. The number of carbonyl (C=O) groups excluding carboxylic acids is 1. The largest absolute Gasteiger partial charge is 0.379 e. The summed E-state index contributed by atoms with van der Waals surface area (Å²) >= 11 is 8.88. The van der Waals surface area contributed by atoms with Crippen LogP contribution >= 0.6 is 34.7 Å². The lowest BCUT2D eigenvalue weighted by atomic mass is 10.0. The van der Waals surface area contributed by atoms with E-state index in [1.807, 2.05) is 6.07 Å².